The average Bonchev–Trinajstić information content (AvgIpc) is 2.82. The Morgan fingerprint density at radius 1 is 1.14 bits per heavy atom. The van der Waals surface area contributed by atoms with Crippen molar-refractivity contribution in [2.45, 2.75) is 12.1 Å². The van der Waals surface area contributed by atoms with Crippen molar-refractivity contribution in [2.75, 3.05) is 12.0 Å². The second-order valence-electron chi connectivity index (χ2n) is 4.27. The molecule has 0 atom stereocenters. The van der Waals surface area contributed by atoms with Gasteiger partial charge in [0.05, 0.1) is 5.69 Å². The highest BCUT2D eigenvalue weighted by atomic mass is 32.2. The Bertz CT molecular complexity index is 949. The Hall–Kier alpha value is -2.69. The van der Waals surface area contributed by atoms with E-state index < -0.39 is 15.0 Å². The Labute approximate surface area is 119 Å². The molecule has 0 saturated heterocycles. The maximum atomic E-state index is 11.5. The zero-order valence-electron chi connectivity index (χ0n) is 11.1. The molecule has 108 valence electrons. The molecule has 0 unspecified atom stereocenters. The molecule has 2 N–H and O–H groups in total. The van der Waals surface area contributed by atoms with Gasteiger partial charge in [-0.05, 0) is 6.92 Å². The molecule has 0 bridgehead atoms. The normalized spacial score (nSPS) is 11.9. The van der Waals surface area contributed by atoms with Crippen molar-refractivity contribution in [1.29, 1.82) is 0 Å². The Kier molecular flexibility index (Phi) is 2.79. The number of fused-ring (bicyclic) bond motifs is 1. The van der Waals surface area contributed by atoms with E-state index in [1.54, 1.807) is 13.1 Å². The molecule has 3 rings (SSSR count). The van der Waals surface area contributed by atoms with E-state index in [0.717, 1.165) is 10.8 Å². The highest BCUT2D eigenvalue weighted by molar-refractivity contribution is 7.90. The lowest BCUT2D eigenvalue weighted by molar-refractivity contribution is 0.592. The second kappa shape index (κ2) is 4.41. The average molecular weight is 306 g/mol. The molecule has 11 heteroatoms. The van der Waals surface area contributed by atoms with Crippen LogP contribution in [0.2, 0.25) is 0 Å². The molecular formula is C10H10N8O2S. The Balaban J connectivity index is 2.26. The number of anilines is 1. The third-order valence-electron chi connectivity index (χ3n) is 2.64. The van der Waals surface area contributed by atoms with E-state index in [9.17, 15) is 8.42 Å². The van der Waals surface area contributed by atoms with Crippen LogP contribution in [0.3, 0.4) is 0 Å². The maximum Gasteiger partial charge on any atom is 0.258 e. The van der Waals surface area contributed by atoms with E-state index in [-0.39, 0.29) is 17.6 Å². The molecule has 10 nitrogen and oxygen atoms in total. The molecule has 0 aliphatic rings. The Morgan fingerprint density at radius 3 is 2.52 bits per heavy atom. The lowest BCUT2D eigenvalue weighted by Gasteiger charge is -1.99. The lowest BCUT2D eigenvalue weighted by atomic mass is 10.3. The van der Waals surface area contributed by atoms with E-state index in [4.69, 9.17) is 5.73 Å². The second-order valence-corrected chi connectivity index (χ2v) is 6.18. The van der Waals surface area contributed by atoms with Crippen LogP contribution in [0.4, 0.5) is 5.95 Å². The summed E-state index contributed by atoms with van der Waals surface area (Å²) in [5.74, 6) is 0.149. The van der Waals surface area contributed by atoms with Gasteiger partial charge in [0.2, 0.25) is 21.6 Å². The van der Waals surface area contributed by atoms with Gasteiger partial charge in [-0.1, -0.05) is 0 Å². The summed E-state index contributed by atoms with van der Waals surface area (Å²) in [6, 6.07) is 0. The van der Waals surface area contributed by atoms with Gasteiger partial charge in [-0.3, -0.25) is 4.98 Å². The van der Waals surface area contributed by atoms with Gasteiger partial charge in [0.1, 0.15) is 5.69 Å². The summed E-state index contributed by atoms with van der Waals surface area (Å²) >= 11 is 0. The van der Waals surface area contributed by atoms with Crippen LogP contribution in [0.25, 0.3) is 17.3 Å². The fraction of sp³-hybridized carbons (Fsp3) is 0.200. The number of aryl methyl sites for hydroxylation is 1. The van der Waals surface area contributed by atoms with Gasteiger partial charge in [0.15, 0.2) is 0 Å². The molecule has 0 aromatic carbocycles. The molecule has 0 spiro atoms. The van der Waals surface area contributed by atoms with Crippen molar-refractivity contribution in [3.63, 3.8) is 0 Å². The van der Waals surface area contributed by atoms with E-state index >= 15 is 0 Å². The molecule has 0 aliphatic heterocycles. The molecule has 3 heterocycles. The molecule has 0 fully saturated rings. The molecule has 0 aliphatic carbocycles. The van der Waals surface area contributed by atoms with Crippen LogP contribution < -0.4 is 5.73 Å². The summed E-state index contributed by atoms with van der Waals surface area (Å²) in [5.41, 5.74) is 6.78. The van der Waals surface area contributed by atoms with Crippen molar-refractivity contribution in [1.82, 2.24) is 34.5 Å². The van der Waals surface area contributed by atoms with Crippen LogP contribution in [0, 0.1) is 6.92 Å². The zero-order valence-corrected chi connectivity index (χ0v) is 11.9. The lowest BCUT2D eigenvalue weighted by Crippen LogP contribution is -2.11. The van der Waals surface area contributed by atoms with Crippen LogP contribution in [0.5, 0.6) is 0 Å². The minimum Gasteiger partial charge on any atom is -0.368 e. The van der Waals surface area contributed by atoms with E-state index in [2.05, 4.69) is 30.0 Å². The Morgan fingerprint density at radius 2 is 1.86 bits per heavy atom. The van der Waals surface area contributed by atoms with Crippen LogP contribution in [-0.4, -0.2) is 49.2 Å². The summed E-state index contributed by atoms with van der Waals surface area (Å²) in [6.07, 6.45) is 4.04. The fourth-order valence-corrected chi connectivity index (χ4v) is 2.19. The minimum atomic E-state index is -3.59. The maximum absolute atomic E-state index is 11.5. The summed E-state index contributed by atoms with van der Waals surface area (Å²) in [5, 5.41) is 3.72. The minimum absolute atomic E-state index is 0.0305. The summed E-state index contributed by atoms with van der Waals surface area (Å²) in [4.78, 5) is 19.9. The number of hydrogen-bond acceptors (Lipinski definition) is 9. The highest BCUT2D eigenvalue weighted by Crippen LogP contribution is 2.17. The van der Waals surface area contributed by atoms with Gasteiger partial charge < -0.3 is 5.73 Å². The number of nitrogens with zero attached hydrogens (tertiary/aromatic N) is 7. The number of nitrogens with two attached hydrogens (primary N) is 1. The molecule has 3 aromatic heterocycles. The molecule has 0 amide bonds. The van der Waals surface area contributed by atoms with Crippen molar-refractivity contribution in [3.8, 4) is 11.5 Å². The standard InChI is InChI=1S/C10H10N8O2S/c1-5-6(13-4-3-12-5)7-14-9-16-10(21(2,19)20)15-8(11)18(9)17-7/h3-4H,1-2H3,(H2,11,14,15,16,17). The van der Waals surface area contributed by atoms with Gasteiger partial charge in [-0.15, -0.1) is 5.10 Å². The topological polar surface area (TPSA) is 142 Å². The molecule has 0 saturated carbocycles. The first kappa shape index (κ1) is 13.3. The predicted molar refractivity (Wildman–Crippen MR) is 71.9 cm³/mol. The van der Waals surface area contributed by atoms with Crippen LogP contribution in [-0.2, 0) is 9.84 Å². The van der Waals surface area contributed by atoms with Crippen molar-refractivity contribution in [3.05, 3.63) is 18.1 Å². The number of rotatable bonds is 2. The first-order valence-corrected chi connectivity index (χ1v) is 7.64. The fourth-order valence-electron chi connectivity index (χ4n) is 1.68. The summed E-state index contributed by atoms with van der Waals surface area (Å²) < 4.78 is 24.1. The number of aromatic nitrogens is 7. The molecule has 21 heavy (non-hydrogen) atoms. The SMILES string of the molecule is Cc1nccnc1-c1nc2nc(S(C)(=O)=O)nc(N)n2n1. The van der Waals surface area contributed by atoms with Crippen molar-refractivity contribution in [2.24, 2.45) is 0 Å². The first-order valence-electron chi connectivity index (χ1n) is 5.74. The predicted octanol–water partition coefficient (Wildman–Crippen LogP) is -0.730. The van der Waals surface area contributed by atoms with Gasteiger partial charge in [-0.25, -0.2) is 13.4 Å². The van der Waals surface area contributed by atoms with Crippen LogP contribution in [0.1, 0.15) is 5.69 Å². The molecule has 3 aromatic rings. The van der Waals surface area contributed by atoms with E-state index in [0.29, 0.717) is 11.4 Å². The van der Waals surface area contributed by atoms with Gasteiger partial charge in [0, 0.05) is 18.6 Å². The van der Waals surface area contributed by atoms with Crippen molar-refractivity contribution < 1.29 is 8.42 Å². The highest BCUT2D eigenvalue weighted by Gasteiger charge is 2.18. The third kappa shape index (κ3) is 2.27. The monoisotopic (exact) mass is 306 g/mol. The van der Waals surface area contributed by atoms with Crippen LogP contribution >= 0.6 is 0 Å². The van der Waals surface area contributed by atoms with Crippen molar-refractivity contribution >= 4 is 21.6 Å². The van der Waals surface area contributed by atoms with E-state index in [1.165, 1.54) is 6.20 Å². The number of nitrogen functional groups attached to an aromatic ring is 1. The van der Waals surface area contributed by atoms with Gasteiger partial charge in [-0.2, -0.15) is 19.5 Å². The summed E-state index contributed by atoms with van der Waals surface area (Å²) in [6.45, 7) is 1.75. The smallest absolute Gasteiger partial charge is 0.258 e. The molecular weight excluding hydrogens is 296 g/mol. The van der Waals surface area contributed by atoms with Crippen LogP contribution in [0.15, 0.2) is 17.6 Å². The number of sulfone groups is 1. The molecule has 0 radical (unpaired) electrons. The third-order valence-corrected chi connectivity index (χ3v) is 3.48. The van der Waals surface area contributed by atoms with Gasteiger partial charge in [0.25, 0.3) is 10.9 Å². The zero-order chi connectivity index (χ0) is 15.2. The number of hydrogen-bond donors (Lipinski definition) is 1. The largest absolute Gasteiger partial charge is 0.368 e. The quantitative estimate of drug-likeness (QED) is 0.648. The summed E-state index contributed by atoms with van der Waals surface area (Å²) in [7, 11) is -3.59. The van der Waals surface area contributed by atoms with E-state index in [1.807, 2.05) is 0 Å². The van der Waals surface area contributed by atoms with Gasteiger partial charge >= 0.3 is 0 Å². The first-order chi connectivity index (χ1) is 9.86.